The molecule has 5 aliphatic carbocycles. The number of ether oxygens (including phenoxy) is 1. The van der Waals surface area contributed by atoms with Gasteiger partial charge in [-0.05, 0) is 109 Å². The normalized spacial score (nSPS) is 52.3. The maximum Gasteiger partial charge on any atom is 0.293 e. The lowest BCUT2D eigenvalue weighted by Crippen LogP contribution is -2.65. The molecule has 5 rings (SSSR count). The molecule has 0 bridgehead atoms. The van der Waals surface area contributed by atoms with Crippen molar-refractivity contribution in [1.82, 2.24) is 0 Å². The smallest absolute Gasteiger partial charge is 0.293 e. The van der Waals surface area contributed by atoms with E-state index >= 15 is 0 Å². The Morgan fingerprint density at radius 2 is 1.45 bits per heavy atom. The van der Waals surface area contributed by atoms with Crippen molar-refractivity contribution in [3.05, 3.63) is 11.6 Å². The highest BCUT2D eigenvalue weighted by molar-refractivity contribution is 5.38. The van der Waals surface area contributed by atoms with Crippen molar-refractivity contribution in [2.75, 3.05) is 0 Å². The van der Waals surface area contributed by atoms with E-state index in [4.69, 9.17) is 4.74 Å². The van der Waals surface area contributed by atoms with Crippen LogP contribution in [-0.2, 0) is 9.53 Å². The summed E-state index contributed by atoms with van der Waals surface area (Å²) in [5.74, 6) is 2.19. The summed E-state index contributed by atoms with van der Waals surface area (Å²) in [5, 5.41) is 0. The number of carbonyl (C=O) groups excluding carboxylic acids is 1. The minimum atomic E-state index is 0.0635. The second kappa shape index (κ2) is 7.13. The Hall–Kier alpha value is -0.790. The van der Waals surface area contributed by atoms with Crippen LogP contribution in [0, 0.1) is 50.2 Å². The van der Waals surface area contributed by atoms with Gasteiger partial charge in [0.25, 0.3) is 6.47 Å². The molecule has 0 saturated heterocycles. The van der Waals surface area contributed by atoms with E-state index in [1.807, 2.05) is 5.57 Å². The summed E-state index contributed by atoms with van der Waals surface area (Å²) in [5.41, 5.74) is 3.87. The number of hydrogen-bond acceptors (Lipinski definition) is 2. The first kappa shape index (κ1) is 23.9. The number of fused-ring (bicyclic) bond motifs is 7. The van der Waals surface area contributed by atoms with Gasteiger partial charge < -0.3 is 4.74 Å². The predicted molar refractivity (Wildman–Crippen MR) is 136 cm³/mol. The first-order valence-corrected chi connectivity index (χ1v) is 14.1. The van der Waals surface area contributed by atoms with E-state index in [0.717, 1.165) is 18.3 Å². The molecule has 0 heterocycles. The van der Waals surface area contributed by atoms with Gasteiger partial charge in [0.2, 0.25) is 0 Å². The van der Waals surface area contributed by atoms with E-state index in [0.29, 0.717) is 39.5 Å². The average Bonchev–Trinajstić information content (AvgIpc) is 2.72. The minimum Gasteiger partial charge on any atom is -0.464 e. The van der Waals surface area contributed by atoms with Gasteiger partial charge >= 0.3 is 0 Å². The average molecular weight is 455 g/mol. The van der Waals surface area contributed by atoms with Gasteiger partial charge in [0, 0.05) is 5.41 Å². The first-order valence-electron chi connectivity index (χ1n) is 14.1. The highest BCUT2D eigenvalue weighted by atomic mass is 16.5. The second-order valence-corrected chi connectivity index (χ2v) is 15.3. The molecule has 186 valence electrons. The molecule has 8 atom stereocenters. The van der Waals surface area contributed by atoms with Crippen LogP contribution < -0.4 is 0 Å². The molecule has 2 nitrogen and oxygen atoms in total. The van der Waals surface area contributed by atoms with Gasteiger partial charge in [-0.2, -0.15) is 0 Å². The topological polar surface area (TPSA) is 26.3 Å². The minimum absolute atomic E-state index is 0.0635. The van der Waals surface area contributed by atoms with E-state index in [2.05, 4.69) is 61.5 Å². The van der Waals surface area contributed by atoms with Crippen LogP contribution >= 0.6 is 0 Å². The number of carbonyl (C=O) groups is 1. The van der Waals surface area contributed by atoms with Gasteiger partial charge in [-0.1, -0.05) is 67.0 Å². The van der Waals surface area contributed by atoms with Crippen LogP contribution in [0.4, 0.5) is 0 Å². The lowest BCUT2D eigenvalue weighted by molar-refractivity contribution is -0.231. The van der Waals surface area contributed by atoms with Crippen molar-refractivity contribution in [2.24, 2.45) is 50.2 Å². The van der Waals surface area contributed by atoms with Gasteiger partial charge in [-0.25, -0.2) is 0 Å². The maximum atomic E-state index is 11.2. The molecule has 0 aromatic rings. The first-order chi connectivity index (χ1) is 15.2. The van der Waals surface area contributed by atoms with Gasteiger partial charge in [0.05, 0.1) is 0 Å². The Labute approximate surface area is 203 Å². The summed E-state index contributed by atoms with van der Waals surface area (Å²) >= 11 is 0. The van der Waals surface area contributed by atoms with Crippen LogP contribution in [0.25, 0.3) is 0 Å². The van der Waals surface area contributed by atoms with Crippen LogP contribution in [-0.4, -0.2) is 12.6 Å². The lowest BCUT2D eigenvalue weighted by atomic mass is 9.32. The van der Waals surface area contributed by atoms with Gasteiger partial charge in [0.1, 0.15) is 6.10 Å². The van der Waals surface area contributed by atoms with Gasteiger partial charge in [0.15, 0.2) is 0 Å². The summed E-state index contributed by atoms with van der Waals surface area (Å²) in [6, 6.07) is 0. The molecule has 0 aliphatic heterocycles. The molecule has 4 fully saturated rings. The summed E-state index contributed by atoms with van der Waals surface area (Å²) in [6.45, 7) is 21.1. The van der Waals surface area contributed by atoms with Crippen molar-refractivity contribution in [2.45, 2.75) is 126 Å². The van der Waals surface area contributed by atoms with Crippen LogP contribution in [0.1, 0.15) is 120 Å². The van der Waals surface area contributed by atoms with Crippen molar-refractivity contribution in [3.8, 4) is 0 Å². The van der Waals surface area contributed by atoms with Gasteiger partial charge in [-0.3, -0.25) is 4.79 Å². The summed E-state index contributed by atoms with van der Waals surface area (Å²) < 4.78 is 5.66. The zero-order valence-electron chi connectivity index (χ0n) is 22.9. The van der Waals surface area contributed by atoms with Crippen molar-refractivity contribution in [3.63, 3.8) is 0 Å². The fourth-order valence-electron chi connectivity index (χ4n) is 10.9. The van der Waals surface area contributed by atoms with E-state index < -0.39 is 0 Å². The molecule has 0 amide bonds. The van der Waals surface area contributed by atoms with Crippen molar-refractivity contribution in [1.29, 1.82) is 0 Å². The van der Waals surface area contributed by atoms with Crippen molar-refractivity contribution < 1.29 is 9.53 Å². The molecule has 2 heteroatoms. The third-order valence-corrected chi connectivity index (χ3v) is 13.2. The van der Waals surface area contributed by atoms with E-state index in [9.17, 15) is 4.79 Å². The Balaban J connectivity index is 1.53. The molecule has 5 aliphatic rings. The number of hydrogen-bond donors (Lipinski definition) is 0. The summed E-state index contributed by atoms with van der Waals surface area (Å²) in [4.78, 5) is 11.2. The Morgan fingerprint density at radius 3 is 2.15 bits per heavy atom. The highest BCUT2D eigenvalue weighted by Crippen LogP contribution is 2.76. The van der Waals surface area contributed by atoms with E-state index in [1.54, 1.807) is 0 Å². The third-order valence-electron chi connectivity index (χ3n) is 13.2. The van der Waals surface area contributed by atoms with Gasteiger partial charge in [-0.15, -0.1) is 0 Å². The summed E-state index contributed by atoms with van der Waals surface area (Å²) in [6.07, 6.45) is 16.0. The van der Waals surface area contributed by atoms with Crippen LogP contribution in [0.5, 0.6) is 0 Å². The zero-order valence-corrected chi connectivity index (χ0v) is 22.9. The SMILES string of the molecule is CC1(C)C=C2C3CCC4C5(C)CCC(OC=O)C(C)(C)C5CCC4(C)C3(C)CCC2(C)CC1. The fourth-order valence-corrected chi connectivity index (χ4v) is 10.9. The number of allylic oxidation sites excluding steroid dienone is 2. The third kappa shape index (κ3) is 3.07. The van der Waals surface area contributed by atoms with E-state index in [1.165, 1.54) is 57.8 Å². The summed E-state index contributed by atoms with van der Waals surface area (Å²) in [7, 11) is 0. The fraction of sp³-hybridized carbons (Fsp3) is 0.903. The Morgan fingerprint density at radius 1 is 0.758 bits per heavy atom. The van der Waals surface area contributed by atoms with Crippen LogP contribution in [0.15, 0.2) is 11.6 Å². The van der Waals surface area contributed by atoms with Crippen molar-refractivity contribution >= 4 is 6.47 Å². The quantitative estimate of drug-likeness (QED) is 0.309. The monoisotopic (exact) mass is 454 g/mol. The highest BCUT2D eigenvalue weighted by Gasteiger charge is 2.68. The molecule has 8 unspecified atom stereocenters. The molecule has 0 aromatic carbocycles. The molecule has 0 spiro atoms. The van der Waals surface area contributed by atoms with Crippen LogP contribution in [0.2, 0.25) is 0 Å². The van der Waals surface area contributed by atoms with Crippen LogP contribution in [0.3, 0.4) is 0 Å². The number of rotatable bonds is 2. The largest absolute Gasteiger partial charge is 0.464 e. The zero-order chi connectivity index (χ0) is 24.1. The molecule has 0 N–H and O–H groups in total. The molecule has 0 radical (unpaired) electrons. The Bertz CT molecular complexity index is 853. The predicted octanol–water partition coefficient (Wildman–Crippen LogP) is 8.35. The lowest BCUT2D eigenvalue weighted by Gasteiger charge is -2.72. The molecule has 33 heavy (non-hydrogen) atoms. The molecule has 4 saturated carbocycles. The maximum absolute atomic E-state index is 11.2. The molecular weight excluding hydrogens is 404 g/mol. The second-order valence-electron chi connectivity index (χ2n) is 15.3. The Kier molecular flexibility index (Phi) is 5.17. The van der Waals surface area contributed by atoms with E-state index in [-0.39, 0.29) is 11.5 Å². The molecule has 0 aromatic heterocycles. The molecular formula is C31H50O2. The standard InChI is InChI=1S/C31H50O2/c1-26(2)15-16-28(5)17-18-30(7)21(22(28)19-26)9-10-24-29(6)13-12-25(33-20-32)27(3,4)23(29)11-14-31(24,30)8/h19-21,23-25H,9-18H2,1-8H3.